The zero-order valence-corrected chi connectivity index (χ0v) is 9.09. The minimum Gasteiger partial charge on any atom is -0.423 e. The lowest BCUT2D eigenvalue weighted by Crippen LogP contribution is -2.31. The molecule has 2 amide bonds. The topological polar surface area (TPSA) is 127 Å². The van der Waals surface area contributed by atoms with Gasteiger partial charge in [-0.3, -0.25) is 9.59 Å². The fourth-order valence-electron chi connectivity index (χ4n) is 1.55. The summed E-state index contributed by atoms with van der Waals surface area (Å²) in [7, 11) is -1.67. The van der Waals surface area contributed by atoms with Crippen LogP contribution in [0.15, 0.2) is 18.2 Å². The summed E-state index contributed by atoms with van der Waals surface area (Å²) in [6.45, 7) is 0. The smallest absolute Gasteiger partial charge is 0.423 e. The number of carbonyl (C=O) groups is 2. The van der Waals surface area contributed by atoms with Gasteiger partial charge in [-0.1, -0.05) is 18.2 Å². The molecule has 17 heavy (non-hydrogen) atoms. The van der Waals surface area contributed by atoms with E-state index >= 15 is 0 Å². The highest BCUT2D eigenvalue weighted by atomic mass is 16.4. The summed E-state index contributed by atoms with van der Waals surface area (Å²) >= 11 is 0. The predicted octanol–water partition coefficient (Wildman–Crippen LogP) is -2.58. The van der Waals surface area contributed by atoms with Gasteiger partial charge in [-0.05, 0) is 16.6 Å². The van der Waals surface area contributed by atoms with Gasteiger partial charge in [0.05, 0.1) is 12.8 Å². The number of primary amides is 2. The van der Waals surface area contributed by atoms with Crippen LogP contribution in [0.25, 0.3) is 0 Å². The fourth-order valence-corrected chi connectivity index (χ4v) is 1.55. The number of benzene rings is 1. The average Bonchev–Trinajstić information content (AvgIpc) is 2.14. The Bertz CT molecular complexity index is 414. The fraction of sp³-hybridized carbons (Fsp3) is 0.200. The molecular weight excluding hydrogens is 223 g/mol. The Morgan fingerprint density at radius 1 is 1.00 bits per heavy atom. The summed E-state index contributed by atoms with van der Waals surface area (Å²) < 4.78 is 0. The van der Waals surface area contributed by atoms with E-state index in [1.165, 1.54) is 12.1 Å². The molecule has 7 heteroatoms. The molecule has 0 saturated heterocycles. The van der Waals surface area contributed by atoms with E-state index in [0.29, 0.717) is 11.1 Å². The molecule has 0 aliphatic heterocycles. The summed E-state index contributed by atoms with van der Waals surface area (Å²) in [5.74, 6) is -1.08. The van der Waals surface area contributed by atoms with E-state index in [9.17, 15) is 9.59 Å². The summed E-state index contributed by atoms with van der Waals surface area (Å²) in [6, 6.07) is 4.47. The first-order valence-electron chi connectivity index (χ1n) is 4.94. The Hall–Kier alpha value is -1.86. The maximum Gasteiger partial charge on any atom is 0.488 e. The summed E-state index contributed by atoms with van der Waals surface area (Å²) in [6.07, 6.45) is -0.0708. The first-order chi connectivity index (χ1) is 7.88. The van der Waals surface area contributed by atoms with Crippen LogP contribution < -0.4 is 16.9 Å². The average molecular weight is 236 g/mol. The minimum absolute atomic E-state index is 0.0354. The maximum absolute atomic E-state index is 10.8. The molecule has 0 aromatic heterocycles. The van der Waals surface area contributed by atoms with Crippen LogP contribution in [-0.4, -0.2) is 29.0 Å². The van der Waals surface area contributed by atoms with Crippen molar-refractivity contribution in [3.63, 3.8) is 0 Å². The van der Waals surface area contributed by atoms with E-state index < -0.39 is 18.9 Å². The van der Waals surface area contributed by atoms with Gasteiger partial charge in [-0.2, -0.15) is 0 Å². The number of rotatable bonds is 5. The molecule has 0 atom stereocenters. The third kappa shape index (κ3) is 4.25. The first kappa shape index (κ1) is 13.2. The minimum atomic E-state index is -1.67. The molecular formula is C10H13BN2O4. The maximum atomic E-state index is 10.8. The molecule has 0 aliphatic rings. The lowest BCUT2D eigenvalue weighted by molar-refractivity contribution is -0.118. The molecule has 0 unspecified atom stereocenters. The molecule has 6 N–H and O–H groups in total. The van der Waals surface area contributed by atoms with Gasteiger partial charge in [0.1, 0.15) is 0 Å². The van der Waals surface area contributed by atoms with Crippen LogP contribution in [0.4, 0.5) is 0 Å². The van der Waals surface area contributed by atoms with Crippen LogP contribution in [0, 0.1) is 0 Å². The molecule has 1 aromatic rings. The summed E-state index contributed by atoms with van der Waals surface area (Å²) in [5, 5.41) is 18.1. The van der Waals surface area contributed by atoms with Crippen molar-refractivity contribution < 1.29 is 19.6 Å². The number of amides is 2. The van der Waals surface area contributed by atoms with Crippen molar-refractivity contribution >= 4 is 24.4 Å². The van der Waals surface area contributed by atoms with Gasteiger partial charge in [0.25, 0.3) is 0 Å². The van der Waals surface area contributed by atoms with Crippen LogP contribution >= 0.6 is 0 Å². The zero-order valence-electron chi connectivity index (χ0n) is 9.09. The van der Waals surface area contributed by atoms with E-state index in [2.05, 4.69) is 0 Å². The van der Waals surface area contributed by atoms with Crippen LogP contribution in [0.3, 0.4) is 0 Å². The largest absolute Gasteiger partial charge is 0.488 e. The van der Waals surface area contributed by atoms with E-state index in [1.54, 1.807) is 6.07 Å². The second-order valence-electron chi connectivity index (χ2n) is 3.74. The summed E-state index contributed by atoms with van der Waals surface area (Å²) in [4.78, 5) is 21.6. The third-order valence-electron chi connectivity index (χ3n) is 2.13. The molecule has 0 radical (unpaired) electrons. The molecule has 0 bridgehead atoms. The van der Waals surface area contributed by atoms with E-state index in [1.807, 2.05) is 0 Å². The van der Waals surface area contributed by atoms with Gasteiger partial charge in [0.15, 0.2) is 0 Å². The molecule has 0 aliphatic carbocycles. The number of carbonyl (C=O) groups excluding carboxylic acids is 2. The SMILES string of the molecule is NC(=O)Cc1cc(CC(N)=O)cc(B(O)O)c1. The molecule has 90 valence electrons. The normalized spacial score (nSPS) is 10.0. The number of hydrogen-bond acceptors (Lipinski definition) is 4. The van der Waals surface area contributed by atoms with E-state index in [-0.39, 0.29) is 18.3 Å². The van der Waals surface area contributed by atoms with Crippen LogP contribution in [0.2, 0.25) is 0 Å². The highest BCUT2D eigenvalue weighted by molar-refractivity contribution is 6.58. The van der Waals surface area contributed by atoms with Crippen molar-refractivity contribution in [3.8, 4) is 0 Å². The molecule has 0 saturated carbocycles. The van der Waals surface area contributed by atoms with Gasteiger partial charge in [-0.15, -0.1) is 0 Å². The summed E-state index contributed by atoms with van der Waals surface area (Å²) in [5.41, 5.74) is 11.3. The van der Waals surface area contributed by atoms with Crippen molar-refractivity contribution in [1.82, 2.24) is 0 Å². The van der Waals surface area contributed by atoms with Gasteiger partial charge in [0.2, 0.25) is 11.8 Å². The Morgan fingerprint density at radius 3 is 1.71 bits per heavy atom. The highest BCUT2D eigenvalue weighted by Gasteiger charge is 2.14. The van der Waals surface area contributed by atoms with Gasteiger partial charge in [-0.25, -0.2) is 0 Å². The molecule has 0 heterocycles. The molecule has 1 rings (SSSR count). The van der Waals surface area contributed by atoms with Crippen molar-refractivity contribution in [2.45, 2.75) is 12.8 Å². The van der Waals surface area contributed by atoms with Crippen LogP contribution in [0.5, 0.6) is 0 Å². The molecule has 6 nitrogen and oxygen atoms in total. The van der Waals surface area contributed by atoms with E-state index in [0.717, 1.165) is 0 Å². The van der Waals surface area contributed by atoms with Crippen LogP contribution in [0.1, 0.15) is 11.1 Å². The second kappa shape index (κ2) is 5.47. The Balaban J connectivity index is 3.08. The van der Waals surface area contributed by atoms with Crippen LogP contribution in [-0.2, 0) is 22.4 Å². The van der Waals surface area contributed by atoms with E-state index in [4.69, 9.17) is 21.5 Å². The van der Waals surface area contributed by atoms with Gasteiger partial charge in [0, 0.05) is 0 Å². The Kier molecular flexibility index (Phi) is 4.25. The molecule has 0 spiro atoms. The quantitative estimate of drug-likeness (QED) is 0.419. The Morgan fingerprint density at radius 2 is 1.41 bits per heavy atom. The predicted molar refractivity (Wildman–Crippen MR) is 62.1 cm³/mol. The molecule has 0 fully saturated rings. The molecule has 1 aromatic carbocycles. The van der Waals surface area contributed by atoms with Gasteiger partial charge >= 0.3 is 7.12 Å². The monoisotopic (exact) mass is 236 g/mol. The first-order valence-corrected chi connectivity index (χ1v) is 4.94. The second-order valence-corrected chi connectivity index (χ2v) is 3.74. The van der Waals surface area contributed by atoms with Gasteiger partial charge < -0.3 is 21.5 Å². The zero-order chi connectivity index (χ0) is 13.0. The third-order valence-corrected chi connectivity index (χ3v) is 2.13. The highest BCUT2D eigenvalue weighted by Crippen LogP contribution is 2.06. The van der Waals surface area contributed by atoms with Crippen molar-refractivity contribution in [2.24, 2.45) is 11.5 Å². The Labute approximate surface area is 98.4 Å². The van der Waals surface area contributed by atoms with Crippen molar-refractivity contribution in [2.75, 3.05) is 0 Å². The number of nitrogens with two attached hydrogens (primary N) is 2. The van der Waals surface area contributed by atoms with Crippen molar-refractivity contribution in [1.29, 1.82) is 0 Å². The standard InChI is InChI=1S/C10H13BN2O4/c12-9(14)4-6-1-7(5-10(13)15)3-8(2-6)11(16)17/h1-3,16-17H,4-5H2,(H2,12,14)(H2,13,15). The lowest BCUT2D eigenvalue weighted by Gasteiger charge is -2.07. The lowest BCUT2D eigenvalue weighted by atomic mass is 9.78. The van der Waals surface area contributed by atoms with Crippen molar-refractivity contribution in [3.05, 3.63) is 29.3 Å². The number of hydrogen-bond donors (Lipinski definition) is 4.